The Morgan fingerprint density at radius 1 is 1.00 bits per heavy atom. The molecule has 0 unspecified atom stereocenters. The highest BCUT2D eigenvalue weighted by Gasteiger charge is 2.19. The summed E-state index contributed by atoms with van der Waals surface area (Å²) in [4.78, 5) is 18.3. The lowest BCUT2D eigenvalue weighted by Gasteiger charge is -2.10. The first kappa shape index (κ1) is 15.0. The molecule has 0 aliphatic rings. The van der Waals surface area contributed by atoms with E-state index in [4.69, 9.17) is 4.52 Å². The smallest absolute Gasteiger partial charge is 0.238 e. The van der Waals surface area contributed by atoms with Gasteiger partial charge in [-0.05, 0) is 0 Å². The minimum atomic E-state index is -0.174. The summed E-state index contributed by atoms with van der Waals surface area (Å²) in [5, 5.41) is 7.18. The van der Waals surface area contributed by atoms with Gasteiger partial charge in [-0.2, -0.15) is 9.97 Å². The summed E-state index contributed by atoms with van der Waals surface area (Å²) in [6.45, 7) is 11.0. The Hall–Kier alpha value is -2.05. The standard InChI is InChI=1S/C7H12N2O.C5H6N2O2/c1-5-8-6(9-10-5)7(2,3)4;1-3(8)5-6-4(2)9-7-5/h1-4H3;1-2H3. The molecular formula is C12H18N4O3. The van der Waals surface area contributed by atoms with Crippen molar-refractivity contribution in [3.05, 3.63) is 23.4 Å². The molecule has 0 aliphatic heterocycles. The topological polar surface area (TPSA) is 94.9 Å². The number of carbonyl (C=O) groups excluding carboxylic acids is 1. The second-order valence-electron chi connectivity index (χ2n) is 5.08. The van der Waals surface area contributed by atoms with Gasteiger partial charge in [0.15, 0.2) is 5.82 Å². The number of ketones is 1. The fraction of sp³-hybridized carbons (Fsp3) is 0.583. The van der Waals surface area contributed by atoms with Crippen molar-refractivity contribution in [2.24, 2.45) is 0 Å². The monoisotopic (exact) mass is 266 g/mol. The quantitative estimate of drug-likeness (QED) is 0.730. The number of carbonyl (C=O) groups is 1. The molecule has 19 heavy (non-hydrogen) atoms. The van der Waals surface area contributed by atoms with Gasteiger partial charge in [-0.3, -0.25) is 4.79 Å². The molecule has 2 heterocycles. The highest BCUT2D eigenvalue weighted by atomic mass is 16.5. The summed E-state index contributed by atoms with van der Waals surface area (Å²) in [5.41, 5.74) is -0.00222. The maximum absolute atomic E-state index is 10.5. The van der Waals surface area contributed by atoms with E-state index in [1.54, 1.807) is 13.8 Å². The Kier molecular flexibility index (Phi) is 4.52. The van der Waals surface area contributed by atoms with Crippen LogP contribution in [-0.4, -0.2) is 26.1 Å². The SMILES string of the molecule is CC(=O)c1noc(C)n1.Cc1nc(C(C)(C)C)no1. The van der Waals surface area contributed by atoms with Crippen LogP contribution in [0.3, 0.4) is 0 Å². The van der Waals surface area contributed by atoms with Gasteiger partial charge in [0.05, 0.1) is 0 Å². The second-order valence-corrected chi connectivity index (χ2v) is 5.08. The average molecular weight is 266 g/mol. The summed E-state index contributed by atoms with van der Waals surface area (Å²) < 4.78 is 9.37. The molecule has 0 bridgehead atoms. The normalized spacial score (nSPS) is 10.8. The van der Waals surface area contributed by atoms with Gasteiger partial charge in [0.1, 0.15) is 0 Å². The Morgan fingerprint density at radius 2 is 1.53 bits per heavy atom. The van der Waals surface area contributed by atoms with E-state index in [1.807, 2.05) is 0 Å². The Morgan fingerprint density at radius 3 is 1.74 bits per heavy atom. The highest BCUT2D eigenvalue weighted by Crippen LogP contribution is 2.17. The molecule has 0 radical (unpaired) electrons. The summed E-state index contributed by atoms with van der Waals surface area (Å²) in [6.07, 6.45) is 0. The first-order valence-electron chi connectivity index (χ1n) is 5.82. The van der Waals surface area contributed by atoms with Crippen LogP contribution in [-0.2, 0) is 5.41 Å². The van der Waals surface area contributed by atoms with Gasteiger partial charge in [0.25, 0.3) is 0 Å². The molecule has 0 atom stereocenters. The van der Waals surface area contributed by atoms with Crippen LogP contribution < -0.4 is 0 Å². The zero-order valence-corrected chi connectivity index (χ0v) is 12.0. The fourth-order valence-corrected chi connectivity index (χ4v) is 1.05. The molecule has 0 aromatic carbocycles. The van der Waals surface area contributed by atoms with Crippen molar-refractivity contribution < 1.29 is 13.8 Å². The Labute approximate surface area is 111 Å². The van der Waals surface area contributed by atoms with Gasteiger partial charge in [-0.25, -0.2) is 0 Å². The Bertz CT molecular complexity index is 551. The maximum atomic E-state index is 10.5. The molecule has 7 heteroatoms. The van der Waals surface area contributed by atoms with Crippen molar-refractivity contribution >= 4 is 5.78 Å². The van der Waals surface area contributed by atoms with E-state index in [-0.39, 0.29) is 17.0 Å². The van der Waals surface area contributed by atoms with Gasteiger partial charge < -0.3 is 9.05 Å². The first-order valence-corrected chi connectivity index (χ1v) is 5.82. The van der Waals surface area contributed by atoms with Crippen LogP contribution in [0.15, 0.2) is 9.05 Å². The van der Waals surface area contributed by atoms with Gasteiger partial charge in [-0.15, -0.1) is 0 Å². The van der Waals surface area contributed by atoms with Crippen molar-refractivity contribution in [2.75, 3.05) is 0 Å². The van der Waals surface area contributed by atoms with Crippen LogP contribution >= 0.6 is 0 Å². The molecule has 2 rings (SSSR count). The van der Waals surface area contributed by atoms with E-state index >= 15 is 0 Å². The van der Waals surface area contributed by atoms with Gasteiger partial charge in [0, 0.05) is 26.2 Å². The molecule has 0 saturated carbocycles. The van der Waals surface area contributed by atoms with Crippen molar-refractivity contribution in [3.8, 4) is 0 Å². The van der Waals surface area contributed by atoms with Crippen LogP contribution in [0.2, 0.25) is 0 Å². The summed E-state index contributed by atoms with van der Waals surface area (Å²) in [5.74, 6) is 1.79. The van der Waals surface area contributed by atoms with Crippen molar-refractivity contribution in [3.63, 3.8) is 0 Å². The maximum Gasteiger partial charge on any atom is 0.238 e. The average Bonchev–Trinajstić information content (AvgIpc) is 2.87. The fourth-order valence-electron chi connectivity index (χ4n) is 1.05. The van der Waals surface area contributed by atoms with E-state index in [0.717, 1.165) is 5.82 Å². The minimum absolute atomic E-state index is 0.00222. The molecule has 7 nitrogen and oxygen atoms in total. The molecule has 2 aromatic rings. The summed E-state index contributed by atoms with van der Waals surface area (Å²) >= 11 is 0. The third-order valence-corrected chi connectivity index (χ3v) is 2.04. The van der Waals surface area contributed by atoms with Crippen LogP contribution in [0.1, 0.15) is 55.9 Å². The van der Waals surface area contributed by atoms with Crippen LogP contribution in [0.4, 0.5) is 0 Å². The molecular weight excluding hydrogens is 248 g/mol. The van der Waals surface area contributed by atoms with Gasteiger partial charge in [-0.1, -0.05) is 31.1 Å². The molecule has 0 spiro atoms. The lowest BCUT2D eigenvalue weighted by molar-refractivity contribution is 0.100. The number of hydrogen-bond donors (Lipinski definition) is 0. The third kappa shape index (κ3) is 4.61. The zero-order valence-electron chi connectivity index (χ0n) is 12.0. The van der Waals surface area contributed by atoms with Crippen LogP contribution in [0, 0.1) is 13.8 Å². The highest BCUT2D eigenvalue weighted by molar-refractivity contribution is 5.89. The predicted octanol–water partition coefficient (Wildman–Crippen LogP) is 2.26. The molecule has 104 valence electrons. The lowest BCUT2D eigenvalue weighted by Crippen LogP contribution is -2.13. The van der Waals surface area contributed by atoms with E-state index < -0.39 is 0 Å². The van der Waals surface area contributed by atoms with Crippen molar-refractivity contribution in [2.45, 2.75) is 47.0 Å². The number of Topliss-reactive ketones (excluding diaryl/α,β-unsaturated/α-hetero) is 1. The second kappa shape index (κ2) is 5.73. The van der Waals surface area contributed by atoms with E-state index in [1.165, 1.54) is 6.92 Å². The number of aryl methyl sites for hydroxylation is 2. The third-order valence-electron chi connectivity index (χ3n) is 2.04. The molecule has 0 aliphatic carbocycles. The lowest BCUT2D eigenvalue weighted by atomic mass is 9.96. The van der Waals surface area contributed by atoms with Gasteiger partial charge >= 0.3 is 0 Å². The summed E-state index contributed by atoms with van der Waals surface area (Å²) in [6, 6.07) is 0. The number of hydrogen-bond acceptors (Lipinski definition) is 7. The number of nitrogens with zero attached hydrogens (tertiary/aromatic N) is 4. The van der Waals surface area contributed by atoms with Crippen molar-refractivity contribution in [1.29, 1.82) is 0 Å². The molecule has 0 N–H and O–H groups in total. The molecule has 0 saturated heterocycles. The van der Waals surface area contributed by atoms with E-state index in [0.29, 0.717) is 11.8 Å². The molecule has 0 fully saturated rings. The number of rotatable bonds is 1. The van der Waals surface area contributed by atoms with Crippen LogP contribution in [0.25, 0.3) is 0 Å². The minimum Gasteiger partial charge on any atom is -0.340 e. The zero-order chi connectivity index (χ0) is 14.6. The molecule has 0 amide bonds. The predicted molar refractivity (Wildman–Crippen MR) is 66.8 cm³/mol. The van der Waals surface area contributed by atoms with Gasteiger partial charge in [0.2, 0.25) is 23.4 Å². The molecule has 2 aromatic heterocycles. The first-order chi connectivity index (χ1) is 8.70. The number of aromatic nitrogens is 4. The van der Waals surface area contributed by atoms with Crippen molar-refractivity contribution in [1.82, 2.24) is 20.3 Å². The van der Waals surface area contributed by atoms with Crippen LogP contribution in [0.5, 0.6) is 0 Å². The summed E-state index contributed by atoms with van der Waals surface area (Å²) in [7, 11) is 0. The Balaban J connectivity index is 0.000000191. The van der Waals surface area contributed by atoms with E-state index in [2.05, 4.69) is 45.6 Å². The largest absolute Gasteiger partial charge is 0.340 e. The van der Waals surface area contributed by atoms with E-state index in [9.17, 15) is 4.79 Å².